The van der Waals surface area contributed by atoms with Crippen LogP contribution in [-0.2, 0) is 53.6 Å². The summed E-state index contributed by atoms with van der Waals surface area (Å²) in [6, 6.07) is 7.84. The molecule has 0 saturated heterocycles. The van der Waals surface area contributed by atoms with Crippen molar-refractivity contribution in [2.45, 2.75) is 144 Å². The lowest BCUT2D eigenvalue weighted by Crippen LogP contribution is -2.22. The first-order valence-corrected chi connectivity index (χ1v) is 15.0. The van der Waals surface area contributed by atoms with E-state index in [-0.39, 0.29) is 34.5 Å². The van der Waals surface area contributed by atoms with Crippen molar-refractivity contribution < 1.29 is 29.3 Å². The number of carbonyl (C=O) groups excluding carboxylic acids is 2. The van der Waals surface area contributed by atoms with E-state index < -0.39 is 18.2 Å². The summed E-state index contributed by atoms with van der Waals surface area (Å²) in [5, 5.41) is 21.9. The number of esters is 2. The zero-order chi connectivity index (χ0) is 32.4. The molecule has 0 unspecified atom stereocenters. The largest absolute Gasteiger partial charge is 0.507 e. The normalized spacial score (nSPS) is 12.9. The molecule has 0 radical (unpaired) electrons. The summed E-state index contributed by atoms with van der Waals surface area (Å²) in [5.74, 6) is -0.306. The highest BCUT2D eigenvalue weighted by Gasteiger charge is 2.28. The predicted octanol–water partition coefficient (Wildman–Crippen LogP) is 8.29. The lowest BCUT2D eigenvalue weighted by atomic mass is 9.78. The van der Waals surface area contributed by atoms with Gasteiger partial charge in [0, 0.05) is 19.8 Å². The lowest BCUT2D eigenvalue weighted by Gasteiger charge is -2.28. The van der Waals surface area contributed by atoms with E-state index in [4.69, 9.17) is 9.47 Å². The van der Waals surface area contributed by atoms with E-state index >= 15 is 0 Å². The fourth-order valence-corrected chi connectivity index (χ4v) is 4.97. The molecule has 6 heteroatoms. The van der Waals surface area contributed by atoms with Gasteiger partial charge in [-0.2, -0.15) is 0 Å². The van der Waals surface area contributed by atoms with Crippen molar-refractivity contribution in [3.05, 3.63) is 57.6 Å². The van der Waals surface area contributed by atoms with E-state index in [2.05, 4.69) is 83.1 Å². The van der Waals surface area contributed by atoms with Gasteiger partial charge in [-0.3, -0.25) is 9.59 Å². The van der Waals surface area contributed by atoms with Crippen molar-refractivity contribution in [2.24, 2.45) is 0 Å². The average Bonchev–Trinajstić information content (AvgIpc) is 2.79. The Morgan fingerprint density at radius 3 is 1.02 bits per heavy atom. The van der Waals surface area contributed by atoms with Crippen LogP contribution in [0.25, 0.3) is 0 Å². The molecule has 234 valence electrons. The fraction of sp³-hybridized carbons (Fsp3) is 0.611. The van der Waals surface area contributed by atoms with Gasteiger partial charge in [-0.05, 0) is 67.9 Å². The molecule has 2 aromatic rings. The summed E-state index contributed by atoms with van der Waals surface area (Å²) in [6.45, 7) is 26.2. The number of benzene rings is 2. The quantitative estimate of drug-likeness (QED) is 0.240. The molecule has 0 bridgehead atoms. The number of carbonyl (C=O) groups is 2. The molecule has 0 spiro atoms. The Morgan fingerprint density at radius 1 is 0.571 bits per heavy atom. The van der Waals surface area contributed by atoms with Gasteiger partial charge in [-0.25, -0.2) is 0 Å². The number of phenolic OH excluding ortho intramolecular Hbond substituents is 2. The van der Waals surface area contributed by atoms with Crippen LogP contribution in [0, 0.1) is 0 Å². The molecule has 0 amide bonds. The zero-order valence-electron chi connectivity index (χ0n) is 28.2. The summed E-state index contributed by atoms with van der Waals surface area (Å²) in [6.07, 6.45) is 0.129. The maximum absolute atomic E-state index is 12.6. The molecule has 2 aromatic carbocycles. The van der Waals surface area contributed by atoms with Crippen LogP contribution in [0.4, 0.5) is 0 Å². The lowest BCUT2D eigenvalue weighted by molar-refractivity contribution is -0.184. The molecule has 42 heavy (non-hydrogen) atoms. The summed E-state index contributed by atoms with van der Waals surface area (Å²) in [7, 11) is 0. The molecule has 0 atom stereocenters. The molecule has 0 fully saturated rings. The Kier molecular flexibility index (Phi) is 10.6. The molecule has 0 aliphatic carbocycles. The molecule has 2 N–H and O–H groups in total. The van der Waals surface area contributed by atoms with E-state index in [9.17, 15) is 19.8 Å². The maximum Gasteiger partial charge on any atom is 0.309 e. The Hall–Kier alpha value is -3.02. The van der Waals surface area contributed by atoms with Crippen molar-refractivity contribution in [3.8, 4) is 11.5 Å². The second kappa shape index (κ2) is 12.7. The molecular weight excluding hydrogens is 528 g/mol. The number of hydrogen-bond acceptors (Lipinski definition) is 6. The third kappa shape index (κ3) is 9.50. The van der Waals surface area contributed by atoms with Crippen LogP contribution in [0.1, 0.15) is 136 Å². The van der Waals surface area contributed by atoms with E-state index in [1.807, 2.05) is 24.3 Å². The Morgan fingerprint density at radius 2 is 0.810 bits per heavy atom. The van der Waals surface area contributed by atoms with Gasteiger partial charge >= 0.3 is 11.9 Å². The maximum atomic E-state index is 12.6. The smallest absolute Gasteiger partial charge is 0.309 e. The second-order valence-corrected chi connectivity index (χ2v) is 15.6. The van der Waals surface area contributed by atoms with Gasteiger partial charge in [0.1, 0.15) is 11.5 Å². The van der Waals surface area contributed by atoms with Crippen LogP contribution in [0.2, 0.25) is 0 Å². The Balaban J connectivity index is 2.03. The first kappa shape index (κ1) is 35.2. The highest BCUT2D eigenvalue weighted by Crippen LogP contribution is 2.41. The van der Waals surface area contributed by atoms with E-state index in [0.717, 1.165) is 33.4 Å². The number of ether oxygens (including phenoxy) is 2. The minimum absolute atomic E-state index is 0.124. The van der Waals surface area contributed by atoms with Gasteiger partial charge in [-0.15, -0.1) is 0 Å². The Bertz CT molecular complexity index is 1110. The Labute approximate surface area is 253 Å². The van der Waals surface area contributed by atoms with Crippen molar-refractivity contribution in [2.75, 3.05) is 0 Å². The first-order valence-electron chi connectivity index (χ1n) is 15.0. The number of aryl methyl sites for hydroxylation is 2. The predicted molar refractivity (Wildman–Crippen MR) is 169 cm³/mol. The van der Waals surface area contributed by atoms with Gasteiger partial charge < -0.3 is 19.7 Å². The topological polar surface area (TPSA) is 93.1 Å². The van der Waals surface area contributed by atoms with Gasteiger partial charge in [-0.1, -0.05) is 107 Å². The monoisotopic (exact) mass is 582 g/mol. The van der Waals surface area contributed by atoms with Crippen LogP contribution in [0.15, 0.2) is 24.3 Å². The molecule has 0 aliphatic rings. The van der Waals surface area contributed by atoms with Crippen LogP contribution >= 0.6 is 0 Å². The van der Waals surface area contributed by atoms with Crippen molar-refractivity contribution >= 4 is 11.9 Å². The minimum atomic E-state index is -1.00. The minimum Gasteiger partial charge on any atom is -0.507 e. The molecule has 0 saturated carbocycles. The van der Waals surface area contributed by atoms with Gasteiger partial charge in [0.2, 0.25) is 6.29 Å². The molecule has 0 aromatic heterocycles. The highest BCUT2D eigenvalue weighted by molar-refractivity contribution is 5.72. The third-order valence-electron chi connectivity index (χ3n) is 7.40. The number of hydrogen-bond donors (Lipinski definition) is 2. The van der Waals surface area contributed by atoms with Crippen LogP contribution < -0.4 is 0 Å². The molecular formula is C36H54O6. The van der Waals surface area contributed by atoms with Crippen molar-refractivity contribution in [1.82, 2.24) is 0 Å². The van der Waals surface area contributed by atoms with Crippen molar-refractivity contribution in [1.29, 1.82) is 0 Å². The number of aromatic hydroxyl groups is 2. The highest BCUT2D eigenvalue weighted by atomic mass is 16.7. The van der Waals surface area contributed by atoms with Gasteiger partial charge in [0.25, 0.3) is 0 Å². The summed E-state index contributed by atoms with van der Waals surface area (Å²) in [5.41, 5.74) is 4.25. The van der Waals surface area contributed by atoms with Crippen LogP contribution in [-0.4, -0.2) is 28.4 Å². The standard InChI is InChI=1S/C36H54O6/c1-22(41-29(37)16-14-23-18-25(33(2,3)4)31(39)26(19-23)34(5,6)7)42-30(38)17-15-24-20-27(35(8,9)10)32(40)28(21-24)36(11,12)13/h18-22,39-40H,14-17H2,1-13H3. The summed E-state index contributed by atoms with van der Waals surface area (Å²) >= 11 is 0. The molecule has 0 aliphatic heterocycles. The summed E-state index contributed by atoms with van der Waals surface area (Å²) in [4.78, 5) is 25.3. The SMILES string of the molecule is CC(OC(=O)CCc1cc(C(C)(C)C)c(O)c(C(C)(C)C)c1)OC(=O)CCc1cc(C(C)(C)C)c(O)c(C(C)(C)C)c1. The van der Waals surface area contributed by atoms with Crippen LogP contribution in [0.5, 0.6) is 11.5 Å². The van der Waals surface area contributed by atoms with E-state index in [1.165, 1.54) is 0 Å². The zero-order valence-corrected chi connectivity index (χ0v) is 28.2. The van der Waals surface area contributed by atoms with Crippen LogP contribution in [0.3, 0.4) is 0 Å². The van der Waals surface area contributed by atoms with Gasteiger partial charge in [0.15, 0.2) is 0 Å². The number of phenols is 2. The number of rotatable bonds is 8. The average molecular weight is 583 g/mol. The molecule has 0 heterocycles. The second-order valence-electron chi connectivity index (χ2n) is 15.6. The van der Waals surface area contributed by atoms with E-state index in [1.54, 1.807) is 6.92 Å². The molecule has 2 rings (SSSR count). The fourth-order valence-electron chi connectivity index (χ4n) is 4.97. The third-order valence-corrected chi connectivity index (χ3v) is 7.40. The summed E-state index contributed by atoms with van der Waals surface area (Å²) < 4.78 is 10.8. The van der Waals surface area contributed by atoms with E-state index in [0.29, 0.717) is 24.3 Å². The van der Waals surface area contributed by atoms with Crippen molar-refractivity contribution in [3.63, 3.8) is 0 Å². The first-order chi connectivity index (χ1) is 18.9. The van der Waals surface area contributed by atoms with Gasteiger partial charge in [0.05, 0.1) is 0 Å². The molecule has 6 nitrogen and oxygen atoms in total.